The van der Waals surface area contributed by atoms with Gasteiger partial charge in [-0.3, -0.25) is 0 Å². The Morgan fingerprint density at radius 3 is 2.75 bits per heavy atom. The second kappa shape index (κ2) is 7.11. The van der Waals surface area contributed by atoms with Gasteiger partial charge in [0.15, 0.2) is 11.6 Å². The maximum atomic E-state index is 13.6. The Labute approximate surface area is 130 Å². The third kappa shape index (κ3) is 3.98. The monoisotopic (exact) mass is 356 g/mol. The molecule has 0 aliphatic rings. The zero-order valence-electron chi connectivity index (χ0n) is 10.8. The highest BCUT2D eigenvalue weighted by Gasteiger charge is 2.11. The Balaban J connectivity index is 2.01. The van der Waals surface area contributed by atoms with Crippen molar-refractivity contribution >= 4 is 27.7 Å². The average Bonchev–Trinajstić information content (AvgIpc) is 2.44. The maximum absolute atomic E-state index is 13.6. The number of ether oxygens (including phenoxy) is 1. The van der Waals surface area contributed by atoms with Gasteiger partial charge in [-0.15, -0.1) is 11.8 Å². The fraction of sp³-hybridized carbons (Fsp3) is 0.200. The molecule has 2 aromatic rings. The molecule has 0 fully saturated rings. The second-order valence-electron chi connectivity index (χ2n) is 4.18. The van der Waals surface area contributed by atoms with Gasteiger partial charge >= 0.3 is 0 Å². The summed E-state index contributed by atoms with van der Waals surface area (Å²) in [6.45, 7) is 0. The van der Waals surface area contributed by atoms with E-state index in [1.165, 1.54) is 31.0 Å². The van der Waals surface area contributed by atoms with Gasteiger partial charge in [-0.05, 0) is 35.9 Å². The molecule has 2 rings (SSSR count). The number of benzene rings is 2. The highest BCUT2D eigenvalue weighted by Crippen LogP contribution is 2.28. The average molecular weight is 357 g/mol. The van der Waals surface area contributed by atoms with Crippen LogP contribution >= 0.6 is 27.7 Å². The SMILES string of the molecule is COc1ccc(C(O)CSc2cccc(Br)c2)cc1F. The highest BCUT2D eigenvalue weighted by molar-refractivity contribution is 9.10. The molecule has 2 aromatic carbocycles. The van der Waals surface area contributed by atoms with Gasteiger partial charge in [-0.25, -0.2) is 4.39 Å². The molecular formula is C15H14BrFO2S. The first-order valence-corrected chi connectivity index (χ1v) is 7.78. The van der Waals surface area contributed by atoms with Crippen molar-refractivity contribution < 1.29 is 14.2 Å². The lowest BCUT2D eigenvalue weighted by Gasteiger charge is -2.12. The maximum Gasteiger partial charge on any atom is 0.165 e. The Hall–Kier alpha value is -1.04. The largest absolute Gasteiger partial charge is 0.494 e. The minimum absolute atomic E-state index is 0.181. The van der Waals surface area contributed by atoms with Gasteiger partial charge < -0.3 is 9.84 Å². The van der Waals surface area contributed by atoms with Crippen LogP contribution in [0.25, 0.3) is 0 Å². The lowest BCUT2D eigenvalue weighted by atomic mass is 10.1. The standard InChI is InChI=1S/C15H14BrFO2S/c1-19-15-6-5-10(7-13(15)17)14(18)9-20-12-4-2-3-11(16)8-12/h2-8,14,18H,9H2,1H3. The molecule has 0 aliphatic heterocycles. The van der Waals surface area contributed by atoms with Gasteiger partial charge in [0.2, 0.25) is 0 Å². The minimum atomic E-state index is -0.723. The summed E-state index contributed by atoms with van der Waals surface area (Å²) >= 11 is 4.92. The molecule has 1 atom stereocenters. The Morgan fingerprint density at radius 1 is 1.30 bits per heavy atom. The molecule has 1 unspecified atom stereocenters. The number of methoxy groups -OCH3 is 1. The molecule has 0 heterocycles. The van der Waals surface area contributed by atoms with Crippen molar-refractivity contribution in [1.82, 2.24) is 0 Å². The van der Waals surface area contributed by atoms with E-state index < -0.39 is 11.9 Å². The number of halogens is 2. The predicted molar refractivity (Wildman–Crippen MR) is 82.8 cm³/mol. The summed E-state index contributed by atoms with van der Waals surface area (Å²) in [7, 11) is 1.41. The molecule has 0 saturated carbocycles. The van der Waals surface area contributed by atoms with Crippen LogP contribution in [0.4, 0.5) is 4.39 Å². The number of thioether (sulfide) groups is 1. The lowest BCUT2D eigenvalue weighted by molar-refractivity contribution is 0.203. The van der Waals surface area contributed by atoms with Crippen molar-refractivity contribution in [2.45, 2.75) is 11.0 Å². The van der Waals surface area contributed by atoms with Crippen LogP contribution in [-0.4, -0.2) is 18.0 Å². The topological polar surface area (TPSA) is 29.5 Å². The Morgan fingerprint density at radius 2 is 2.10 bits per heavy atom. The van der Waals surface area contributed by atoms with Crippen molar-refractivity contribution in [3.8, 4) is 5.75 Å². The molecule has 106 valence electrons. The number of hydrogen-bond acceptors (Lipinski definition) is 3. The first-order chi connectivity index (χ1) is 9.60. The minimum Gasteiger partial charge on any atom is -0.494 e. The van der Waals surface area contributed by atoms with Crippen LogP contribution in [0, 0.1) is 5.82 Å². The van der Waals surface area contributed by atoms with Crippen LogP contribution in [0.15, 0.2) is 51.8 Å². The van der Waals surface area contributed by atoms with E-state index >= 15 is 0 Å². The predicted octanol–water partition coefficient (Wildman–Crippen LogP) is 4.42. The first-order valence-electron chi connectivity index (χ1n) is 6.00. The van der Waals surface area contributed by atoms with Crippen molar-refractivity contribution in [3.63, 3.8) is 0 Å². The quantitative estimate of drug-likeness (QED) is 0.804. The normalized spacial score (nSPS) is 12.2. The van der Waals surface area contributed by atoms with E-state index in [1.807, 2.05) is 24.3 Å². The Kier molecular flexibility index (Phi) is 5.46. The molecule has 0 aromatic heterocycles. The van der Waals surface area contributed by atoms with Crippen LogP contribution in [-0.2, 0) is 0 Å². The van der Waals surface area contributed by atoms with Gasteiger partial charge in [0, 0.05) is 15.1 Å². The molecular weight excluding hydrogens is 343 g/mol. The van der Waals surface area contributed by atoms with Crippen LogP contribution in [0.1, 0.15) is 11.7 Å². The second-order valence-corrected chi connectivity index (χ2v) is 6.19. The summed E-state index contributed by atoms with van der Waals surface area (Å²) in [5.74, 6) is 0.180. The van der Waals surface area contributed by atoms with E-state index in [4.69, 9.17) is 4.74 Å². The van der Waals surface area contributed by atoms with Gasteiger partial charge in [0.05, 0.1) is 13.2 Å². The number of rotatable bonds is 5. The van der Waals surface area contributed by atoms with Crippen molar-refractivity contribution in [3.05, 3.63) is 58.3 Å². The zero-order valence-corrected chi connectivity index (χ0v) is 13.2. The summed E-state index contributed by atoms with van der Waals surface area (Å²) in [6.07, 6.45) is -0.723. The smallest absolute Gasteiger partial charge is 0.165 e. The van der Waals surface area contributed by atoms with E-state index in [0.717, 1.165) is 9.37 Å². The molecule has 0 spiro atoms. The summed E-state index contributed by atoms with van der Waals surface area (Å²) in [4.78, 5) is 1.05. The lowest BCUT2D eigenvalue weighted by Crippen LogP contribution is -2.01. The van der Waals surface area contributed by atoms with Gasteiger partial charge in [-0.1, -0.05) is 28.1 Å². The van der Waals surface area contributed by atoms with E-state index in [-0.39, 0.29) is 5.75 Å². The molecule has 1 N–H and O–H groups in total. The fourth-order valence-electron chi connectivity index (χ4n) is 1.72. The van der Waals surface area contributed by atoms with Gasteiger partial charge in [-0.2, -0.15) is 0 Å². The molecule has 0 bridgehead atoms. The van der Waals surface area contributed by atoms with Crippen molar-refractivity contribution in [1.29, 1.82) is 0 Å². The zero-order chi connectivity index (χ0) is 14.5. The highest BCUT2D eigenvalue weighted by atomic mass is 79.9. The van der Waals surface area contributed by atoms with E-state index in [0.29, 0.717) is 11.3 Å². The van der Waals surface area contributed by atoms with Crippen LogP contribution in [0.5, 0.6) is 5.75 Å². The first kappa shape index (κ1) is 15.4. The molecule has 0 amide bonds. The third-order valence-electron chi connectivity index (χ3n) is 2.76. The van der Waals surface area contributed by atoms with Gasteiger partial charge in [0.1, 0.15) is 0 Å². The summed E-state index contributed by atoms with van der Waals surface area (Å²) < 4.78 is 19.4. The van der Waals surface area contributed by atoms with Crippen LogP contribution in [0.3, 0.4) is 0 Å². The van der Waals surface area contributed by atoms with Crippen LogP contribution < -0.4 is 4.74 Å². The summed E-state index contributed by atoms with van der Waals surface area (Å²) in [5.41, 5.74) is 0.547. The molecule has 5 heteroatoms. The molecule has 2 nitrogen and oxygen atoms in total. The fourth-order valence-corrected chi connectivity index (χ4v) is 3.20. The van der Waals surface area contributed by atoms with E-state index in [2.05, 4.69) is 15.9 Å². The molecule has 0 saturated heterocycles. The number of aliphatic hydroxyl groups is 1. The molecule has 0 radical (unpaired) electrons. The van der Waals surface area contributed by atoms with Crippen LogP contribution in [0.2, 0.25) is 0 Å². The third-order valence-corrected chi connectivity index (χ3v) is 4.33. The van der Waals surface area contributed by atoms with Crippen molar-refractivity contribution in [2.75, 3.05) is 12.9 Å². The van der Waals surface area contributed by atoms with E-state index in [1.54, 1.807) is 6.07 Å². The van der Waals surface area contributed by atoms with Crippen molar-refractivity contribution in [2.24, 2.45) is 0 Å². The van der Waals surface area contributed by atoms with Gasteiger partial charge in [0.25, 0.3) is 0 Å². The molecule has 0 aliphatic carbocycles. The number of hydrogen-bond donors (Lipinski definition) is 1. The Bertz CT molecular complexity index is 592. The molecule has 20 heavy (non-hydrogen) atoms. The summed E-state index contributed by atoms with van der Waals surface area (Å²) in [5, 5.41) is 10.1. The summed E-state index contributed by atoms with van der Waals surface area (Å²) in [6, 6.07) is 12.3. The van der Waals surface area contributed by atoms with E-state index in [9.17, 15) is 9.50 Å². The number of aliphatic hydroxyl groups excluding tert-OH is 1.